The number of ether oxygens (including phenoxy) is 1. The lowest BCUT2D eigenvalue weighted by molar-refractivity contribution is -0.137. The Hall–Kier alpha value is -2.34. The van der Waals surface area contributed by atoms with Crippen LogP contribution >= 0.6 is 0 Å². The van der Waals surface area contributed by atoms with Gasteiger partial charge in [-0.3, -0.25) is 4.79 Å². The molecular formula is C21H28F3N3O5S. The maximum atomic E-state index is 13.0. The molecular weight excluding hydrogens is 463 g/mol. The number of sulfonamides is 1. The van der Waals surface area contributed by atoms with Gasteiger partial charge in [0.15, 0.2) is 0 Å². The average molecular weight is 492 g/mol. The molecule has 184 valence electrons. The van der Waals surface area contributed by atoms with Crippen molar-refractivity contribution in [1.29, 1.82) is 0 Å². The summed E-state index contributed by atoms with van der Waals surface area (Å²) in [5, 5.41) is 5.42. The number of carbonyl (C=O) groups excluding carboxylic acids is 2. The fourth-order valence-corrected chi connectivity index (χ4v) is 6.16. The Morgan fingerprint density at radius 2 is 1.88 bits per heavy atom. The minimum absolute atomic E-state index is 0.0121. The molecule has 2 amide bonds. The summed E-state index contributed by atoms with van der Waals surface area (Å²) in [6.45, 7) is 3.84. The van der Waals surface area contributed by atoms with Crippen molar-refractivity contribution in [2.75, 3.05) is 20.2 Å². The Morgan fingerprint density at radius 3 is 2.48 bits per heavy atom. The molecule has 1 heterocycles. The summed E-state index contributed by atoms with van der Waals surface area (Å²) in [7, 11) is -2.92. The van der Waals surface area contributed by atoms with Crippen LogP contribution in [0.15, 0.2) is 29.2 Å². The van der Waals surface area contributed by atoms with Crippen LogP contribution in [-0.2, 0) is 25.7 Å². The number of hydrogen-bond donors (Lipinski definition) is 2. The van der Waals surface area contributed by atoms with Crippen LogP contribution in [-0.4, -0.2) is 57.0 Å². The molecule has 1 saturated heterocycles. The second-order valence-electron chi connectivity index (χ2n) is 8.82. The fourth-order valence-electron chi connectivity index (χ4n) is 4.58. The van der Waals surface area contributed by atoms with Gasteiger partial charge in [0.25, 0.3) is 0 Å². The zero-order valence-corrected chi connectivity index (χ0v) is 19.4. The van der Waals surface area contributed by atoms with Gasteiger partial charge in [0.1, 0.15) is 6.04 Å². The van der Waals surface area contributed by atoms with E-state index in [-0.39, 0.29) is 42.8 Å². The molecule has 2 N–H and O–H groups in total. The van der Waals surface area contributed by atoms with Crippen molar-refractivity contribution in [3.63, 3.8) is 0 Å². The smallest absolute Gasteiger partial charge is 0.416 e. The number of fused-ring (bicyclic) bond motifs is 1. The van der Waals surface area contributed by atoms with E-state index in [0.717, 1.165) is 18.2 Å². The highest BCUT2D eigenvalue weighted by molar-refractivity contribution is 7.89. The summed E-state index contributed by atoms with van der Waals surface area (Å²) >= 11 is 0. The molecule has 1 aliphatic carbocycles. The van der Waals surface area contributed by atoms with Crippen molar-refractivity contribution >= 4 is 22.0 Å². The summed E-state index contributed by atoms with van der Waals surface area (Å²) < 4.78 is 70.9. The average Bonchev–Trinajstić information content (AvgIpc) is 3.33. The highest BCUT2D eigenvalue weighted by atomic mass is 32.2. The zero-order valence-electron chi connectivity index (χ0n) is 18.6. The third-order valence-electron chi connectivity index (χ3n) is 6.36. The first-order valence-corrected chi connectivity index (χ1v) is 12.1. The van der Waals surface area contributed by atoms with Crippen LogP contribution in [0.1, 0.15) is 32.3 Å². The summed E-state index contributed by atoms with van der Waals surface area (Å²) in [4.78, 5) is 24.0. The molecule has 1 aromatic rings. The van der Waals surface area contributed by atoms with Gasteiger partial charge in [-0.2, -0.15) is 17.5 Å². The number of alkyl carbamates (subject to hydrolysis) is 1. The lowest BCUT2D eigenvalue weighted by atomic mass is 9.97. The highest BCUT2D eigenvalue weighted by Gasteiger charge is 2.47. The van der Waals surface area contributed by atoms with Gasteiger partial charge >= 0.3 is 12.3 Å². The normalized spacial score (nSPS) is 24.4. The van der Waals surface area contributed by atoms with Gasteiger partial charge in [-0.25, -0.2) is 13.2 Å². The summed E-state index contributed by atoms with van der Waals surface area (Å²) in [5.74, 6) is -0.773. The van der Waals surface area contributed by atoms with Gasteiger partial charge in [-0.05, 0) is 48.8 Å². The van der Waals surface area contributed by atoms with Crippen LogP contribution in [0.5, 0.6) is 0 Å². The number of halogens is 3. The molecule has 8 nitrogen and oxygen atoms in total. The predicted molar refractivity (Wildman–Crippen MR) is 113 cm³/mol. The van der Waals surface area contributed by atoms with E-state index in [2.05, 4.69) is 15.4 Å². The maximum Gasteiger partial charge on any atom is 0.416 e. The van der Waals surface area contributed by atoms with E-state index in [9.17, 15) is 31.2 Å². The first kappa shape index (κ1) is 25.3. The number of rotatable bonds is 6. The third kappa shape index (κ3) is 5.43. The number of alkyl halides is 3. The summed E-state index contributed by atoms with van der Waals surface area (Å²) in [6.07, 6.45) is -4.04. The lowest BCUT2D eigenvalue weighted by Gasteiger charge is -2.26. The van der Waals surface area contributed by atoms with Crippen LogP contribution in [0.3, 0.4) is 0 Å². The number of nitrogens with zero attached hydrogens (tertiary/aromatic N) is 1. The van der Waals surface area contributed by atoms with E-state index in [1.807, 2.05) is 0 Å². The summed E-state index contributed by atoms with van der Waals surface area (Å²) in [5.41, 5.74) is -1.02. The molecule has 1 aromatic carbocycles. The Bertz CT molecular complexity index is 999. The number of benzene rings is 1. The molecule has 0 spiro atoms. The number of hydrogen-bond acceptors (Lipinski definition) is 5. The van der Waals surface area contributed by atoms with E-state index >= 15 is 0 Å². The molecule has 2 fully saturated rings. The zero-order chi connectivity index (χ0) is 24.6. The van der Waals surface area contributed by atoms with Gasteiger partial charge in [0, 0.05) is 19.1 Å². The van der Waals surface area contributed by atoms with Crippen LogP contribution in [0, 0.1) is 17.8 Å². The molecule has 0 bridgehead atoms. The van der Waals surface area contributed by atoms with Crippen LogP contribution in [0.4, 0.5) is 18.0 Å². The first-order chi connectivity index (χ1) is 15.3. The fraction of sp³-hybridized carbons (Fsp3) is 0.619. The van der Waals surface area contributed by atoms with Crippen LogP contribution in [0.2, 0.25) is 0 Å². The number of carbonyl (C=O) groups is 2. The first-order valence-electron chi connectivity index (χ1n) is 10.7. The molecule has 0 unspecified atom stereocenters. The maximum absolute atomic E-state index is 13.0. The van der Waals surface area contributed by atoms with Gasteiger partial charge in [0.2, 0.25) is 15.9 Å². The molecule has 0 aromatic heterocycles. The van der Waals surface area contributed by atoms with Crippen molar-refractivity contribution in [2.45, 2.75) is 49.8 Å². The number of amides is 2. The topological polar surface area (TPSA) is 105 Å². The van der Waals surface area contributed by atoms with Crippen molar-refractivity contribution in [2.24, 2.45) is 17.8 Å². The minimum Gasteiger partial charge on any atom is -0.453 e. The molecule has 0 radical (unpaired) electrons. The third-order valence-corrected chi connectivity index (χ3v) is 8.19. The Morgan fingerprint density at radius 1 is 1.18 bits per heavy atom. The number of methoxy groups -OCH3 is 1. The molecule has 1 aliphatic heterocycles. The van der Waals surface area contributed by atoms with E-state index < -0.39 is 38.8 Å². The van der Waals surface area contributed by atoms with Gasteiger partial charge in [-0.15, -0.1) is 0 Å². The Kier molecular flexibility index (Phi) is 7.27. The largest absolute Gasteiger partial charge is 0.453 e. The van der Waals surface area contributed by atoms with Crippen LogP contribution in [0.25, 0.3) is 0 Å². The highest BCUT2D eigenvalue weighted by Crippen LogP contribution is 2.41. The van der Waals surface area contributed by atoms with Crippen molar-refractivity contribution in [3.05, 3.63) is 29.8 Å². The quantitative estimate of drug-likeness (QED) is 0.637. The minimum atomic E-state index is -4.65. The molecule has 3 rings (SSSR count). The van der Waals surface area contributed by atoms with Crippen molar-refractivity contribution < 1.29 is 35.9 Å². The predicted octanol–water partition coefficient (Wildman–Crippen LogP) is 2.60. The molecule has 2 aliphatic rings. The van der Waals surface area contributed by atoms with E-state index in [0.29, 0.717) is 18.9 Å². The van der Waals surface area contributed by atoms with Crippen LogP contribution < -0.4 is 10.6 Å². The van der Waals surface area contributed by atoms with Gasteiger partial charge in [0.05, 0.1) is 17.6 Å². The van der Waals surface area contributed by atoms with E-state index in [4.69, 9.17) is 0 Å². The monoisotopic (exact) mass is 491 g/mol. The lowest BCUT2D eigenvalue weighted by Crippen LogP contribution is -2.53. The SMILES string of the molecule is COC(=O)N[C@H](C(=O)N[C@H]1CC[C@@H]2CN(S(=O)(=O)c3cccc(C(F)(F)F)c3)C[C@@H]21)C(C)C. The van der Waals surface area contributed by atoms with E-state index in [1.165, 1.54) is 11.4 Å². The van der Waals surface area contributed by atoms with Crippen molar-refractivity contribution in [3.8, 4) is 0 Å². The van der Waals surface area contributed by atoms with Crippen molar-refractivity contribution in [1.82, 2.24) is 14.9 Å². The molecule has 12 heteroatoms. The Labute approximate surface area is 190 Å². The second-order valence-corrected chi connectivity index (χ2v) is 10.8. The standard InChI is InChI=1S/C21H28F3N3O5S/c1-12(2)18(26-20(29)32-3)19(28)25-17-8-7-13-10-27(11-16(13)17)33(30,31)15-6-4-5-14(9-15)21(22,23)24/h4-6,9,12-13,16-18H,7-8,10-11H2,1-3H3,(H,25,28)(H,26,29)/t13-,16+,17+,18+/m1/s1. The number of nitrogens with one attached hydrogen (secondary N) is 2. The second kappa shape index (κ2) is 9.49. The molecule has 4 atom stereocenters. The molecule has 33 heavy (non-hydrogen) atoms. The Balaban J connectivity index is 1.71. The summed E-state index contributed by atoms with van der Waals surface area (Å²) in [6, 6.07) is 2.60. The van der Waals surface area contributed by atoms with Gasteiger partial charge in [-0.1, -0.05) is 19.9 Å². The van der Waals surface area contributed by atoms with Gasteiger partial charge < -0.3 is 15.4 Å². The van der Waals surface area contributed by atoms with E-state index in [1.54, 1.807) is 13.8 Å². The molecule has 1 saturated carbocycles.